The van der Waals surface area contributed by atoms with Gasteiger partial charge in [-0.2, -0.15) is 0 Å². The van der Waals surface area contributed by atoms with E-state index >= 15 is 0 Å². The molecule has 0 bridgehead atoms. The number of carbonyl (C=O) groups is 4. The van der Waals surface area contributed by atoms with Crippen molar-refractivity contribution in [1.82, 2.24) is 21.3 Å². The van der Waals surface area contributed by atoms with Gasteiger partial charge in [-0.15, -0.1) is 19.3 Å². The van der Waals surface area contributed by atoms with Gasteiger partial charge in [-0.1, -0.05) is 29.1 Å². The first kappa shape index (κ1) is 52.9. The van der Waals surface area contributed by atoms with Crippen molar-refractivity contribution in [1.29, 1.82) is 0 Å². The van der Waals surface area contributed by atoms with E-state index in [2.05, 4.69) is 39.0 Å². The van der Waals surface area contributed by atoms with E-state index < -0.39 is 12.1 Å². The van der Waals surface area contributed by atoms with Crippen molar-refractivity contribution in [2.45, 2.75) is 75.9 Å². The van der Waals surface area contributed by atoms with Crippen molar-refractivity contribution >= 4 is 41.6 Å². The third-order valence-corrected chi connectivity index (χ3v) is 12.6. The van der Waals surface area contributed by atoms with Crippen LogP contribution < -0.4 is 21.3 Å². The van der Waals surface area contributed by atoms with Crippen LogP contribution in [0, 0.1) is 42.9 Å². The minimum Gasteiger partial charge on any atom is -0.377 e. The van der Waals surface area contributed by atoms with E-state index in [1.807, 2.05) is 0 Å². The second-order valence-corrected chi connectivity index (χ2v) is 18.7. The van der Waals surface area contributed by atoms with Crippen LogP contribution in [-0.2, 0) is 56.7 Å². The molecule has 0 aromatic rings. The number of ether oxygens (including phenoxy) is 6. The van der Waals surface area contributed by atoms with Gasteiger partial charge in [0.15, 0.2) is 0 Å². The average Bonchev–Trinajstić information content (AvgIpc) is 3.21. The highest BCUT2D eigenvalue weighted by atomic mass is 32.7. The third kappa shape index (κ3) is 27.5. The number of hydrogen-bond acceptors (Lipinski definition) is 13. The standard InChI is InChI=1S/C40H65N4O12PS/c1-6-22-50-28-31-53-25-19-41-36(45)13-16-40(17-14-37(46)42-20-26-54-32-29-51-23-7-2,18-15-38(47)43-21-27-55-33-30-52-24-8-3)44-39(48)34-9-11-35(12-10-34)56-57(4,49)58-5/h1-3,34-35H,9-33H2,4-5H3,(H,41,45)(H,42,46)(H,43,47)(H,44,48)/t34-,35+,57?. The van der Waals surface area contributed by atoms with Crippen LogP contribution in [0.1, 0.15) is 64.2 Å². The third-order valence-electron chi connectivity index (χ3n) is 8.98. The highest BCUT2D eigenvalue weighted by Crippen LogP contribution is 2.56. The van der Waals surface area contributed by atoms with Crippen molar-refractivity contribution in [3.05, 3.63) is 0 Å². The summed E-state index contributed by atoms with van der Waals surface area (Å²) in [6.07, 6.45) is 19.7. The molecule has 16 nitrogen and oxygen atoms in total. The molecule has 328 valence electrons. The lowest BCUT2D eigenvalue weighted by Crippen LogP contribution is -2.52. The molecule has 18 heteroatoms. The number of nitrogens with one attached hydrogen (secondary N) is 4. The van der Waals surface area contributed by atoms with Gasteiger partial charge in [-0.05, 0) is 51.2 Å². The lowest BCUT2D eigenvalue weighted by Gasteiger charge is -2.37. The van der Waals surface area contributed by atoms with Gasteiger partial charge in [0.05, 0.1) is 65.6 Å². The largest absolute Gasteiger partial charge is 0.377 e. The molecule has 1 saturated carbocycles. The first-order valence-corrected chi connectivity index (χ1v) is 23.6. The smallest absolute Gasteiger partial charge is 0.254 e. The van der Waals surface area contributed by atoms with Gasteiger partial charge in [0.1, 0.15) is 19.8 Å². The van der Waals surface area contributed by atoms with E-state index in [9.17, 15) is 23.7 Å². The molecule has 1 unspecified atom stereocenters. The quantitative estimate of drug-likeness (QED) is 0.0412. The summed E-state index contributed by atoms with van der Waals surface area (Å²) in [5.74, 6) is 5.70. The second-order valence-electron chi connectivity index (χ2n) is 13.5. The Bertz CT molecular complexity index is 1250. The summed E-state index contributed by atoms with van der Waals surface area (Å²) in [4.78, 5) is 53.2. The minimum atomic E-state index is -2.79. The number of terminal acetylenes is 3. The van der Waals surface area contributed by atoms with Crippen LogP contribution in [0.25, 0.3) is 0 Å². The number of carbonyl (C=O) groups excluding carboxylic acids is 4. The molecule has 0 heterocycles. The van der Waals surface area contributed by atoms with Gasteiger partial charge in [0.25, 0.3) is 6.57 Å². The Labute approximate surface area is 349 Å². The van der Waals surface area contributed by atoms with Crippen LogP contribution in [0.4, 0.5) is 0 Å². The normalized spacial score (nSPS) is 16.2. The Morgan fingerprint density at radius 3 is 1.33 bits per heavy atom. The van der Waals surface area contributed by atoms with Crippen LogP contribution in [0.15, 0.2) is 0 Å². The Balaban J connectivity index is 3.03. The molecular formula is C40H65N4O12PS. The molecule has 1 rings (SSSR count). The summed E-state index contributed by atoms with van der Waals surface area (Å²) < 4.78 is 50.4. The van der Waals surface area contributed by atoms with E-state index in [0.717, 1.165) is 0 Å². The number of amides is 4. The Morgan fingerprint density at radius 2 is 0.983 bits per heavy atom. The van der Waals surface area contributed by atoms with Gasteiger partial charge in [0, 0.05) is 57.0 Å². The van der Waals surface area contributed by atoms with E-state index in [0.29, 0.717) is 65.3 Å². The first-order chi connectivity index (χ1) is 28.0. The second kappa shape index (κ2) is 33.7. The van der Waals surface area contributed by atoms with Gasteiger partial charge >= 0.3 is 0 Å². The summed E-state index contributed by atoms with van der Waals surface area (Å²) in [6.45, 7) is 2.85. The molecule has 0 saturated heterocycles. The highest BCUT2D eigenvalue weighted by molar-refractivity contribution is 8.56. The van der Waals surface area contributed by atoms with Crippen LogP contribution >= 0.6 is 18.0 Å². The fraction of sp³-hybridized carbons (Fsp3) is 0.750. The topological polar surface area (TPSA) is 198 Å². The zero-order valence-corrected chi connectivity index (χ0v) is 36.0. The summed E-state index contributed by atoms with van der Waals surface area (Å²) >= 11 is 1.19. The van der Waals surface area contributed by atoms with E-state index in [1.165, 1.54) is 11.4 Å². The molecule has 0 spiro atoms. The van der Waals surface area contributed by atoms with Crippen LogP contribution in [0.2, 0.25) is 0 Å². The molecule has 1 aliphatic carbocycles. The molecule has 0 aromatic heterocycles. The summed E-state index contributed by atoms with van der Waals surface area (Å²) in [7, 11) is 0. The molecule has 1 aliphatic rings. The summed E-state index contributed by atoms with van der Waals surface area (Å²) in [5.41, 5.74) is -1.09. The Morgan fingerprint density at radius 1 is 0.621 bits per heavy atom. The van der Waals surface area contributed by atoms with Crippen LogP contribution in [0.5, 0.6) is 0 Å². The average molecular weight is 857 g/mol. The minimum absolute atomic E-state index is 0.0149. The Kier molecular flexibility index (Phi) is 30.7. The molecule has 1 fully saturated rings. The predicted molar refractivity (Wildman–Crippen MR) is 223 cm³/mol. The zero-order valence-electron chi connectivity index (χ0n) is 34.3. The van der Waals surface area contributed by atoms with Crippen molar-refractivity contribution in [3.63, 3.8) is 0 Å². The van der Waals surface area contributed by atoms with Gasteiger partial charge in [0.2, 0.25) is 23.6 Å². The number of rotatable bonds is 35. The molecule has 0 aromatic carbocycles. The molecule has 1 atom stereocenters. The monoisotopic (exact) mass is 856 g/mol. The first-order valence-electron chi connectivity index (χ1n) is 19.7. The maximum atomic E-state index is 14.0. The van der Waals surface area contributed by atoms with Crippen molar-refractivity contribution < 1.29 is 56.7 Å². The van der Waals surface area contributed by atoms with Crippen LogP contribution in [0.3, 0.4) is 0 Å². The maximum absolute atomic E-state index is 14.0. The van der Waals surface area contributed by atoms with E-state index in [1.54, 1.807) is 12.9 Å². The summed E-state index contributed by atoms with van der Waals surface area (Å²) in [6, 6.07) is 0. The van der Waals surface area contributed by atoms with Gasteiger partial charge < -0.3 is 54.2 Å². The van der Waals surface area contributed by atoms with E-state index in [-0.39, 0.29) is 133 Å². The van der Waals surface area contributed by atoms with Gasteiger partial charge in [-0.3, -0.25) is 23.7 Å². The van der Waals surface area contributed by atoms with Crippen molar-refractivity contribution in [3.8, 4) is 37.0 Å². The Hall–Kier alpha value is -3.14. The molecule has 4 N–H and O–H groups in total. The fourth-order valence-corrected chi connectivity index (χ4v) is 7.30. The lowest BCUT2D eigenvalue weighted by atomic mass is 9.81. The SMILES string of the molecule is C#CCOCCOCCNC(=O)CCC(CCC(=O)NCCOCCOCC#C)(CCC(=O)NCCOCCOCC#C)NC(=O)[C@H]1CC[C@@H](OP(C)(=O)SC)CC1. The molecule has 0 radical (unpaired) electrons. The van der Waals surface area contributed by atoms with Gasteiger partial charge in [-0.25, -0.2) is 0 Å². The lowest BCUT2D eigenvalue weighted by molar-refractivity contribution is -0.131. The summed E-state index contributed by atoms with van der Waals surface area (Å²) in [5, 5.41) is 11.7. The maximum Gasteiger partial charge on any atom is 0.254 e. The predicted octanol–water partition coefficient (Wildman–Crippen LogP) is 2.29. The van der Waals surface area contributed by atoms with Crippen molar-refractivity contribution in [2.75, 3.05) is 112 Å². The van der Waals surface area contributed by atoms with Crippen molar-refractivity contribution in [2.24, 2.45) is 5.92 Å². The number of hydrogen-bond donors (Lipinski definition) is 4. The van der Waals surface area contributed by atoms with E-state index in [4.69, 9.17) is 52.2 Å². The highest BCUT2D eigenvalue weighted by Gasteiger charge is 2.37. The molecule has 0 aliphatic heterocycles. The fourth-order valence-electron chi connectivity index (χ4n) is 5.83. The molecule has 4 amide bonds. The molecular weight excluding hydrogens is 791 g/mol. The zero-order chi connectivity index (χ0) is 42.7. The van der Waals surface area contributed by atoms with Crippen LogP contribution in [-0.4, -0.2) is 147 Å². The molecule has 58 heavy (non-hydrogen) atoms.